The highest BCUT2D eigenvalue weighted by Gasteiger charge is 2.53. The predicted molar refractivity (Wildman–Crippen MR) is 50.8 cm³/mol. The zero-order valence-corrected chi connectivity index (χ0v) is 9.14. The Morgan fingerprint density at radius 2 is 2.18 bits per heavy atom. The number of carbonyl (C=O) groups excluding carboxylic acids is 2. The second-order valence-electron chi connectivity index (χ2n) is 3.52. The summed E-state index contributed by atoms with van der Waals surface area (Å²) in [5, 5.41) is 7.75. The van der Waals surface area contributed by atoms with E-state index in [0.717, 1.165) is 0 Å². The van der Waals surface area contributed by atoms with E-state index in [-0.39, 0.29) is 12.9 Å². The van der Waals surface area contributed by atoms with E-state index in [9.17, 15) is 22.8 Å². The Balaban J connectivity index is 2.56. The molecule has 2 heterocycles. The molecule has 2 aliphatic rings. The molecule has 0 aromatic carbocycles. The molecule has 17 heavy (non-hydrogen) atoms. The van der Waals surface area contributed by atoms with Gasteiger partial charge in [-0.2, -0.15) is 0 Å². The van der Waals surface area contributed by atoms with Crippen LogP contribution >= 0.6 is 0 Å². The average molecular weight is 261 g/mol. The van der Waals surface area contributed by atoms with Crippen molar-refractivity contribution in [1.82, 2.24) is 4.90 Å². The molecule has 1 amide bonds. The summed E-state index contributed by atoms with van der Waals surface area (Å²) < 4.78 is 27.6. The summed E-state index contributed by atoms with van der Waals surface area (Å²) in [7, 11) is -3.69. The summed E-state index contributed by atoms with van der Waals surface area (Å²) in [4.78, 5) is 33.0. The molecule has 1 fully saturated rings. The first kappa shape index (κ1) is 11.6. The van der Waals surface area contributed by atoms with Crippen LogP contribution in [0.4, 0.5) is 0 Å². The van der Waals surface area contributed by atoms with Gasteiger partial charge in [-0.15, -0.1) is 0 Å². The van der Waals surface area contributed by atoms with Gasteiger partial charge in [0.15, 0.2) is 21.3 Å². The van der Waals surface area contributed by atoms with E-state index in [1.807, 2.05) is 0 Å². The first-order valence-corrected chi connectivity index (χ1v) is 6.20. The van der Waals surface area contributed by atoms with E-state index in [0.29, 0.717) is 4.90 Å². The lowest BCUT2D eigenvalue weighted by molar-refractivity contribution is -0.147. The molecular formula is C8H7NO7S. The Morgan fingerprint density at radius 1 is 1.53 bits per heavy atom. The van der Waals surface area contributed by atoms with Crippen LogP contribution < -0.4 is 0 Å². The molecule has 0 saturated carbocycles. The maximum absolute atomic E-state index is 11.6. The van der Waals surface area contributed by atoms with Crippen LogP contribution in [0.15, 0.2) is 11.5 Å². The lowest BCUT2D eigenvalue weighted by atomic mass is 10.1. The predicted octanol–water partition coefficient (Wildman–Crippen LogP) is -1.56. The van der Waals surface area contributed by atoms with Crippen LogP contribution in [-0.2, 0) is 29.0 Å². The van der Waals surface area contributed by atoms with Crippen LogP contribution in [0.2, 0.25) is 0 Å². The van der Waals surface area contributed by atoms with Gasteiger partial charge in [-0.05, 0) is 0 Å². The quantitative estimate of drug-likeness (QED) is 0.482. The molecule has 92 valence electrons. The Hall–Kier alpha value is -1.90. The van der Waals surface area contributed by atoms with Gasteiger partial charge in [0.2, 0.25) is 5.91 Å². The number of amides is 1. The highest BCUT2D eigenvalue weighted by Crippen LogP contribution is 2.36. The fraction of sp³-hybridized carbons (Fsp3) is 0.375. The molecule has 1 saturated heterocycles. The van der Waals surface area contributed by atoms with Crippen LogP contribution in [0, 0.1) is 0 Å². The van der Waals surface area contributed by atoms with Crippen molar-refractivity contribution in [2.75, 3.05) is 5.75 Å². The number of ether oxygens (including phenoxy) is 1. The second kappa shape index (κ2) is 3.55. The first-order valence-electron chi connectivity index (χ1n) is 4.49. The Bertz CT molecular complexity index is 546. The van der Waals surface area contributed by atoms with E-state index in [1.165, 1.54) is 0 Å². The fourth-order valence-corrected chi connectivity index (χ4v) is 3.50. The van der Waals surface area contributed by atoms with E-state index in [2.05, 4.69) is 4.74 Å². The van der Waals surface area contributed by atoms with E-state index in [1.54, 1.807) is 0 Å². The number of fused-ring (bicyclic) bond motifs is 1. The number of carbonyl (C=O) groups is 3. The van der Waals surface area contributed by atoms with Crippen molar-refractivity contribution in [3.8, 4) is 0 Å². The van der Waals surface area contributed by atoms with Crippen LogP contribution in [0.3, 0.4) is 0 Å². The van der Waals surface area contributed by atoms with Crippen LogP contribution in [0.5, 0.6) is 0 Å². The molecule has 2 rings (SSSR count). The summed E-state index contributed by atoms with van der Waals surface area (Å²) in [5.41, 5.74) is -0.576. The van der Waals surface area contributed by atoms with Gasteiger partial charge in [-0.1, -0.05) is 0 Å². The Morgan fingerprint density at radius 3 is 2.65 bits per heavy atom. The number of β-lactam (4-membered cyclic amide) rings is 1. The summed E-state index contributed by atoms with van der Waals surface area (Å²) in [6.45, 7) is -0.0710. The Kier molecular flexibility index (Phi) is 2.42. The van der Waals surface area contributed by atoms with Gasteiger partial charge in [0.25, 0.3) is 6.47 Å². The first-order chi connectivity index (χ1) is 7.88. The smallest absolute Gasteiger partial charge is 0.356 e. The zero-order valence-electron chi connectivity index (χ0n) is 8.32. The van der Waals surface area contributed by atoms with E-state index < -0.39 is 44.3 Å². The minimum atomic E-state index is -3.69. The number of nitrogens with zero attached hydrogens (tertiary/aromatic N) is 1. The van der Waals surface area contributed by atoms with Crippen LogP contribution in [0.25, 0.3) is 0 Å². The third kappa shape index (κ3) is 1.58. The minimum absolute atomic E-state index is 0.0710. The number of hydrogen-bond acceptors (Lipinski definition) is 6. The van der Waals surface area contributed by atoms with Crippen molar-refractivity contribution in [2.24, 2.45) is 0 Å². The second-order valence-corrected chi connectivity index (χ2v) is 5.68. The molecule has 0 aliphatic carbocycles. The standard InChI is InChI=1S/C8H7NO7S/c10-3-16-4-2-17(14,15)6-1-5(11)9(6)7(4)8(12)13/h3,6H,1-2H2,(H,12,13). The molecule has 0 bridgehead atoms. The van der Waals surface area contributed by atoms with Gasteiger partial charge in [0, 0.05) is 0 Å². The number of carboxylic acid groups (broad SMARTS) is 1. The van der Waals surface area contributed by atoms with Crippen molar-refractivity contribution >= 4 is 28.2 Å². The highest BCUT2D eigenvalue weighted by atomic mass is 32.2. The number of rotatable bonds is 3. The summed E-state index contributed by atoms with van der Waals surface area (Å²) in [6.07, 6.45) is -0.243. The van der Waals surface area contributed by atoms with Gasteiger partial charge < -0.3 is 9.84 Å². The van der Waals surface area contributed by atoms with E-state index in [4.69, 9.17) is 5.11 Å². The number of aliphatic carboxylic acids is 1. The molecule has 0 spiro atoms. The molecular weight excluding hydrogens is 254 g/mol. The van der Waals surface area contributed by atoms with Crippen LogP contribution in [0.1, 0.15) is 6.42 Å². The van der Waals surface area contributed by atoms with Crippen molar-refractivity contribution < 1.29 is 32.6 Å². The lowest BCUT2D eigenvalue weighted by Gasteiger charge is -2.42. The van der Waals surface area contributed by atoms with Gasteiger partial charge in [0.1, 0.15) is 11.1 Å². The van der Waals surface area contributed by atoms with Gasteiger partial charge in [0.05, 0.1) is 6.42 Å². The normalized spacial score (nSPS) is 26.0. The summed E-state index contributed by atoms with van der Waals surface area (Å²) >= 11 is 0. The monoisotopic (exact) mass is 261 g/mol. The lowest BCUT2D eigenvalue weighted by Crippen LogP contribution is -2.60. The summed E-state index contributed by atoms with van der Waals surface area (Å²) in [6, 6.07) is 0. The third-order valence-electron chi connectivity index (χ3n) is 2.55. The SMILES string of the molecule is O=COC1=C(C(=O)O)N2C(=O)CC2S(=O)(=O)C1. The van der Waals surface area contributed by atoms with E-state index >= 15 is 0 Å². The molecule has 0 radical (unpaired) electrons. The largest absolute Gasteiger partial charge is 0.476 e. The Labute approximate surface area is 95.4 Å². The van der Waals surface area contributed by atoms with Gasteiger partial charge in [-0.3, -0.25) is 14.5 Å². The van der Waals surface area contributed by atoms with Gasteiger partial charge in [-0.25, -0.2) is 13.2 Å². The molecule has 1 unspecified atom stereocenters. The topological polar surface area (TPSA) is 118 Å². The van der Waals surface area contributed by atoms with Crippen molar-refractivity contribution in [2.45, 2.75) is 11.8 Å². The van der Waals surface area contributed by atoms with Crippen molar-refractivity contribution in [3.63, 3.8) is 0 Å². The maximum atomic E-state index is 11.6. The average Bonchev–Trinajstić information content (AvgIpc) is 2.19. The summed E-state index contributed by atoms with van der Waals surface area (Å²) in [5.74, 6) is -3.35. The zero-order chi connectivity index (χ0) is 12.8. The number of hydrogen-bond donors (Lipinski definition) is 1. The fourth-order valence-electron chi connectivity index (χ4n) is 1.80. The van der Waals surface area contributed by atoms with Crippen molar-refractivity contribution in [3.05, 3.63) is 11.5 Å². The van der Waals surface area contributed by atoms with Crippen molar-refractivity contribution in [1.29, 1.82) is 0 Å². The van der Waals surface area contributed by atoms with Crippen LogP contribution in [-0.4, -0.2) is 47.9 Å². The molecule has 8 nitrogen and oxygen atoms in total. The molecule has 0 aromatic rings. The maximum Gasteiger partial charge on any atom is 0.356 e. The van der Waals surface area contributed by atoms with Gasteiger partial charge >= 0.3 is 5.97 Å². The molecule has 1 atom stereocenters. The molecule has 2 aliphatic heterocycles. The molecule has 1 N–H and O–H groups in total. The highest BCUT2D eigenvalue weighted by molar-refractivity contribution is 7.92. The third-order valence-corrected chi connectivity index (χ3v) is 4.42. The molecule has 0 aromatic heterocycles. The molecule has 9 heteroatoms. The minimum Gasteiger partial charge on any atom is -0.476 e. The number of sulfone groups is 1. The number of carboxylic acids is 1.